The van der Waals surface area contributed by atoms with Crippen LogP contribution in [0, 0.1) is 5.92 Å². The van der Waals surface area contributed by atoms with Gasteiger partial charge in [-0.25, -0.2) is 8.42 Å². The van der Waals surface area contributed by atoms with Gasteiger partial charge in [0.2, 0.25) is 21.8 Å². The molecule has 0 fully saturated rings. The number of nitrogens with one attached hydrogen (secondary N) is 1. The molecular formula is C26H36ClN3O5S. The van der Waals surface area contributed by atoms with Gasteiger partial charge in [-0.1, -0.05) is 49.7 Å². The van der Waals surface area contributed by atoms with E-state index in [1.54, 1.807) is 43.3 Å². The van der Waals surface area contributed by atoms with Crippen molar-refractivity contribution in [1.29, 1.82) is 0 Å². The quantitative estimate of drug-likeness (QED) is 0.415. The van der Waals surface area contributed by atoms with Crippen molar-refractivity contribution in [2.45, 2.75) is 46.2 Å². The number of methoxy groups -OCH3 is 1. The van der Waals surface area contributed by atoms with Gasteiger partial charge in [-0.2, -0.15) is 0 Å². The lowest BCUT2D eigenvalue weighted by molar-refractivity contribution is -0.140. The Hall–Kier alpha value is -2.78. The van der Waals surface area contributed by atoms with Crippen molar-refractivity contribution in [3.05, 3.63) is 59.1 Å². The summed E-state index contributed by atoms with van der Waals surface area (Å²) in [4.78, 5) is 27.6. The van der Waals surface area contributed by atoms with Crippen molar-refractivity contribution in [2.24, 2.45) is 5.92 Å². The van der Waals surface area contributed by atoms with Gasteiger partial charge >= 0.3 is 0 Å². The van der Waals surface area contributed by atoms with Crippen LogP contribution in [0.1, 0.15) is 39.2 Å². The average molecular weight is 538 g/mol. The monoisotopic (exact) mass is 537 g/mol. The number of halogens is 1. The highest BCUT2D eigenvalue weighted by atomic mass is 35.5. The Balaban J connectivity index is 2.18. The SMILES string of the molecule is COc1cccc(N(CCCC(=O)N(Cc2ccccc2Cl)[C@H](C)C(=O)NCC(C)C)S(C)(=O)=O)c1. The lowest BCUT2D eigenvalue weighted by Gasteiger charge is -2.30. The van der Waals surface area contributed by atoms with E-state index in [4.69, 9.17) is 16.3 Å². The van der Waals surface area contributed by atoms with Crippen molar-refractivity contribution in [3.8, 4) is 5.75 Å². The van der Waals surface area contributed by atoms with E-state index in [2.05, 4.69) is 5.32 Å². The van der Waals surface area contributed by atoms with Crippen LogP contribution in [-0.2, 0) is 26.2 Å². The number of anilines is 1. The molecule has 0 saturated carbocycles. The smallest absolute Gasteiger partial charge is 0.242 e. The minimum atomic E-state index is -3.59. The van der Waals surface area contributed by atoms with Crippen LogP contribution in [0.4, 0.5) is 5.69 Å². The summed E-state index contributed by atoms with van der Waals surface area (Å²) in [7, 11) is -2.08. The molecule has 2 aromatic rings. The minimum absolute atomic E-state index is 0.0578. The normalized spacial score (nSPS) is 12.2. The predicted octanol–water partition coefficient (Wildman–Crippen LogP) is 4.08. The Kier molecular flexibility index (Phi) is 11.0. The Morgan fingerprint density at radius 1 is 1.08 bits per heavy atom. The third-order valence-electron chi connectivity index (χ3n) is 5.64. The first-order valence-electron chi connectivity index (χ1n) is 11.9. The van der Waals surface area contributed by atoms with Crippen molar-refractivity contribution < 1.29 is 22.7 Å². The molecule has 2 aromatic carbocycles. The van der Waals surface area contributed by atoms with Crippen LogP contribution >= 0.6 is 11.6 Å². The van der Waals surface area contributed by atoms with Gasteiger partial charge in [0.15, 0.2) is 0 Å². The van der Waals surface area contributed by atoms with Gasteiger partial charge in [-0.3, -0.25) is 13.9 Å². The molecular weight excluding hydrogens is 502 g/mol. The molecule has 2 rings (SSSR count). The number of hydrogen-bond acceptors (Lipinski definition) is 5. The van der Waals surface area contributed by atoms with Crippen molar-refractivity contribution in [2.75, 3.05) is 30.8 Å². The number of carbonyl (C=O) groups excluding carboxylic acids is 2. The molecule has 0 bridgehead atoms. The van der Waals surface area contributed by atoms with Crippen molar-refractivity contribution in [1.82, 2.24) is 10.2 Å². The highest BCUT2D eigenvalue weighted by Gasteiger charge is 2.27. The number of ether oxygens (including phenoxy) is 1. The summed E-state index contributed by atoms with van der Waals surface area (Å²) < 4.78 is 31.4. The maximum Gasteiger partial charge on any atom is 0.242 e. The third kappa shape index (κ3) is 8.71. The van der Waals surface area contributed by atoms with Gasteiger partial charge < -0.3 is 15.0 Å². The number of hydrogen-bond donors (Lipinski definition) is 1. The first kappa shape index (κ1) is 29.5. The number of sulfonamides is 1. The van der Waals surface area contributed by atoms with E-state index < -0.39 is 16.1 Å². The molecule has 1 N–H and O–H groups in total. The topological polar surface area (TPSA) is 96.0 Å². The highest BCUT2D eigenvalue weighted by Crippen LogP contribution is 2.24. The molecule has 10 heteroatoms. The predicted molar refractivity (Wildman–Crippen MR) is 144 cm³/mol. The zero-order chi connectivity index (χ0) is 26.9. The van der Waals surface area contributed by atoms with E-state index >= 15 is 0 Å². The zero-order valence-electron chi connectivity index (χ0n) is 21.5. The van der Waals surface area contributed by atoms with Crippen LogP contribution in [0.3, 0.4) is 0 Å². The maximum absolute atomic E-state index is 13.3. The maximum atomic E-state index is 13.3. The first-order chi connectivity index (χ1) is 16.9. The average Bonchev–Trinajstić information content (AvgIpc) is 2.83. The molecule has 0 spiro atoms. The van der Waals surface area contributed by atoms with E-state index in [0.717, 1.165) is 11.8 Å². The molecule has 36 heavy (non-hydrogen) atoms. The third-order valence-corrected chi connectivity index (χ3v) is 7.21. The molecule has 2 amide bonds. The summed E-state index contributed by atoms with van der Waals surface area (Å²) >= 11 is 6.33. The molecule has 0 aliphatic rings. The van der Waals surface area contributed by atoms with Gasteiger partial charge in [0.1, 0.15) is 11.8 Å². The Bertz CT molecular complexity index is 1140. The van der Waals surface area contributed by atoms with Crippen LogP contribution in [0.25, 0.3) is 0 Å². The van der Waals surface area contributed by atoms with Crippen molar-refractivity contribution in [3.63, 3.8) is 0 Å². The summed E-state index contributed by atoms with van der Waals surface area (Å²) in [5.74, 6) is 0.288. The van der Waals surface area contributed by atoms with Crippen LogP contribution < -0.4 is 14.4 Å². The number of nitrogens with zero attached hydrogens (tertiary/aromatic N) is 2. The second-order valence-electron chi connectivity index (χ2n) is 9.07. The molecule has 0 unspecified atom stereocenters. The number of amides is 2. The number of carbonyl (C=O) groups is 2. The molecule has 0 aliphatic heterocycles. The fourth-order valence-corrected chi connectivity index (χ4v) is 4.77. The molecule has 0 radical (unpaired) electrons. The Labute approximate surface area is 219 Å². The lowest BCUT2D eigenvalue weighted by atomic mass is 10.1. The summed E-state index contributed by atoms with van der Waals surface area (Å²) in [6, 6.07) is 13.2. The van der Waals surface area contributed by atoms with Crippen LogP contribution in [0.2, 0.25) is 5.02 Å². The first-order valence-corrected chi connectivity index (χ1v) is 14.1. The summed E-state index contributed by atoms with van der Waals surface area (Å²) in [6.45, 7) is 6.44. The fraction of sp³-hybridized carbons (Fsp3) is 0.462. The molecule has 8 nitrogen and oxygen atoms in total. The van der Waals surface area contributed by atoms with Gasteiger partial charge in [0.25, 0.3) is 0 Å². The Morgan fingerprint density at radius 2 is 1.78 bits per heavy atom. The Morgan fingerprint density at radius 3 is 2.39 bits per heavy atom. The van der Waals surface area contributed by atoms with Crippen molar-refractivity contribution >= 4 is 39.1 Å². The van der Waals surface area contributed by atoms with E-state index in [1.165, 1.54) is 16.3 Å². The summed E-state index contributed by atoms with van der Waals surface area (Å²) in [5, 5.41) is 3.38. The molecule has 1 atom stereocenters. The zero-order valence-corrected chi connectivity index (χ0v) is 23.1. The minimum Gasteiger partial charge on any atom is -0.497 e. The van der Waals surface area contributed by atoms with Crippen LogP contribution in [0.5, 0.6) is 5.75 Å². The van der Waals surface area contributed by atoms with E-state index in [0.29, 0.717) is 23.0 Å². The van der Waals surface area contributed by atoms with Gasteiger partial charge in [0.05, 0.1) is 19.1 Å². The highest BCUT2D eigenvalue weighted by molar-refractivity contribution is 7.92. The van der Waals surface area contributed by atoms with E-state index in [-0.39, 0.29) is 43.7 Å². The van der Waals surface area contributed by atoms with Crippen LogP contribution in [-0.4, -0.2) is 57.6 Å². The summed E-state index contributed by atoms with van der Waals surface area (Å²) in [6.07, 6.45) is 1.45. The lowest BCUT2D eigenvalue weighted by Crippen LogP contribution is -2.48. The molecule has 0 saturated heterocycles. The molecule has 0 aromatic heterocycles. The van der Waals surface area contributed by atoms with Gasteiger partial charge in [-0.05, 0) is 43.0 Å². The van der Waals surface area contributed by atoms with Crippen LogP contribution in [0.15, 0.2) is 48.5 Å². The molecule has 0 heterocycles. The molecule has 0 aliphatic carbocycles. The number of rotatable bonds is 13. The fourth-order valence-electron chi connectivity index (χ4n) is 3.61. The van der Waals surface area contributed by atoms with E-state index in [1.807, 2.05) is 26.0 Å². The van der Waals surface area contributed by atoms with E-state index in [9.17, 15) is 18.0 Å². The molecule has 198 valence electrons. The second-order valence-corrected chi connectivity index (χ2v) is 11.4. The van der Waals surface area contributed by atoms with Gasteiger partial charge in [0, 0.05) is 37.1 Å². The summed E-state index contributed by atoms with van der Waals surface area (Å²) in [5.41, 5.74) is 1.18. The largest absolute Gasteiger partial charge is 0.497 e. The second kappa shape index (κ2) is 13.5. The standard InChI is InChI=1S/C26H36ClN3O5S/c1-19(2)17-28-26(32)20(3)29(18-21-10-6-7-13-24(21)27)25(31)14-9-15-30(36(5,33)34)22-11-8-12-23(16-22)35-4/h6-8,10-13,16,19-20H,9,14-15,17-18H2,1-5H3,(H,28,32)/t20-/m1/s1. The number of benzene rings is 2. The van der Waals surface area contributed by atoms with Gasteiger partial charge in [-0.15, -0.1) is 0 Å².